The van der Waals surface area contributed by atoms with E-state index in [1.807, 2.05) is 29.0 Å². The van der Waals surface area contributed by atoms with Crippen LogP contribution >= 0.6 is 0 Å². The zero-order valence-electron chi connectivity index (χ0n) is 29.3. The average molecular weight is 892 g/mol. The fourth-order valence-corrected chi connectivity index (χ4v) is 6.38. The molecule has 0 saturated carbocycles. The maximum absolute atomic E-state index is 15.4. The van der Waals surface area contributed by atoms with Gasteiger partial charge < -0.3 is 0 Å². The number of carbonyl (C=O) groups excluding carboxylic acids is 1. The minimum Gasteiger partial charge on any atom is -0.293 e. The highest BCUT2D eigenvalue weighted by Gasteiger charge is 2.52. The highest BCUT2D eigenvalue weighted by atomic mass is 19.2. The summed E-state index contributed by atoms with van der Waals surface area (Å²) < 4.78 is 296. The number of benzene rings is 5. The Kier molecular flexibility index (Phi) is 12.6. The Labute approximate surface area is 326 Å². The highest BCUT2D eigenvalue weighted by Crippen LogP contribution is 2.30. The number of aromatic nitrogens is 2. The van der Waals surface area contributed by atoms with Crippen molar-refractivity contribution in [3.63, 3.8) is 0 Å². The topological polar surface area (TPSA) is 33.8 Å². The molecule has 320 valence electrons. The van der Waals surface area contributed by atoms with Crippen LogP contribution in [0.2, 0.25) is 0 Å². The minimum atomic E-state index is -7.22. The number of Topliss-reactive ketones (excluding diaryl/α,β-unsaturated/α-hetero) is 1. The fourth-order valence-electron chi connectivity index (χ4n) is 6.38. The lowest BCUT2D eigenvalue weighted by Crippen LogP contribution is -2.81. The van der Waals surface area contributed by atoms with Crippen LogP contribution in [0.5, 0.6) is 0 Å². The summed E-state index contributed by atoms with van der Waals surface area (Å²) in [4.78, 5) is 15.2. The molecule has 0 N–H and O–H groups in total. The second-order valence-corrected chi connectivity index (χ2v) is 12.5. The Bertz CT molecular complexity index is 2390. The van der Waals surface area contributed by atoms with Gasteiger partial charge in [0, 0.05) is 12.5 Å². The summed E-state index contributed by atoms with van der Waals surface area (Å²) in [5.74, 6) is -71.4. The molecule has 0 spiro atoms. The van der Waals surface area contributed by atoms with Gasteiger partial charge in [0.2, 0.25) is 0 Å². The summed E-state index contributed by atoms with van der Waals surface area (Å²) in [6.07, 6.45) is -1.93. The van der Waals surface area contributed by atoms with Gasteiger partial charge in [-0.05, 0) is 0 Å². The molecule has 1 aromatic heterocycles. The standard InChI is InChI=1S/C24BF20.C13H13N2O/c26-5-1(6(27)14(35)21(42)13(5)34)25(2-7(28)15(36)22(43)16(37)8(2)29,3-9(30)17(38)23(44)18(39)10(3)31)4-11(32)19(40)24(45)20(41)12(4)33;1-11(16)13-10-15(8-7-14-13)9-12-5-3-2-4-6-12/h;2-8,10H,9H2,1H3/q-1;+1. The number of rotatable bonds is 7. The summed E-state index contributed by atoms with van der Waals surface area (Å²) in [7, 11) is 0. The van der Waals surface area contributed by atoms with E-state index >= 15 is 35.1 Å². The SMILES string of the molecule is CC(=O)c1c[n+](Cc2ccccc2)ccn1.Fc1c(F)c(F)c([B-](c2c(F)c(F)c(F)c(F)c2F)(c2c(F)c(F)c(F)c(F)c2F)c2c(F)c(F)c(F)c(F)c2F)c(F)c1F. The van der Waals surface area contributed by atoms with E-state index in [4.69, 9.17) is 0 Å². The van der Waals surface area contributed by atoms with Crippen LogP contribution in [-0.2, 0) is 6.54 Å². The lowest BCUT2D eigenvalue weighted by molar-refractivity contribution is -0.689. The third-order valence-electron chi connectivity index (χ3n) is 9.04. The molecule has 6 aromatic rings. The van der Waals surface area contributed by atoms with Crippen LogP contribution in [0.1, 0.15) is 23.0 Å². The van der Waals surface area contributed by atoms with Gasteiger partial charge in [-0.1, -0.05) is 30.3 Å². The van der Waals surface area contributed by atoms with Gasteiger partial charge in [-0.3, -0.25) is 4.79 Å². The predicted octanol–water partition coefficient (Wildman–Crippen LogP) is 7.47. The molecular weight excluding hydrogens is 879 g/mol. The molecule has 0 bridgehead atoms. The molecule has 0 aliphatic rings. The van der Waals surface area contributed by atoms with Gasteiger partial charge in [0.15, 0.2) is 100 Å². The molecule has 0 amide bonds. The second-order valence-electron chi connectivity index (χ2n) is 12.5. The van der Waals surface area contributed by atoms with Crippen molar-refractivity contribution in [1.29, 1.82) is 0 Å². The van der Waals surface area contributed by atoms with Crippen molar-refractivity contribution in [2.45, 2.75) is 13.5 Å². The van der Waals surface area contributed by atoms with Crippen molar-refractivity contribution in [2.75, 3.05) is 0 Å². The van der Waals surface area contributed by atoms with Crippen LogP contribution in [0.25, 0.3) is 0 Å². The fraction of sp³-hybridized carbons (Fsp3) is 0.0541. The Morgan fingerprint density at radius 3 is 0.967 bits per heavy atom. The summed E-state index contributed by atoms with van der Waals surface area (Å²) in [6.45, 7) is 2.28. The third-order valence-corrected chi connectivity index (χ3v) is 9.04. The Balaban J connectivity index is 0.000000366. The molecular formula is C37H13BF20N2O. The Hall–Kier alpha value is -6.49. The van der Waals surface area contributed by atoms with Crippen molar-refractivity contribution >= 4 is 33.8 Å². The van der Waals surface area contributed by atoms with Crippen LogP contribution in [0.4, 0.5) is 87.8 Å². The first-order chi connectivity index (χ1) is 28.5. The van der Waals surface area contributed by atoms with Gasteiger partial charge in [0.25, 0.3) is 0 Å². The van der Waals surface area contributed by atoms with Crippen LogP contribution in [-0.4, -0.2) is 16.9 Å². The maximum Gasteiger partial charge on any atom is 0.200 e. The van der Waals surface area contributed by atoms with E-state index in [1.165, 1.54) is 12.5 Å². The molecule has 6 rings (SSSR count). The lowest BCUT2D eigenvalue weighted by atomic mass is 9.12. The summed E-state index contributed by atoms with van der Waals surface area (Å²) in [6, 6.07) is 10.1. The lowest BCUT2D eigenvalue weighted by Gasteiger charge is -2.44. The van der Waals surface area contributed by atoms with Crippen molar-refractivity contribution in [3.8, 4) is 0 Å². The van der Waals surface area contributed by atoms with E-state index in [1.54, 1.807) is 12.4 Å². The number of halogens is 20. The monoisotopic (exact) mass is 892 g/mol. The largest absolute Gasteiger partial charge is 0.293 e. The molecule has 61 heavy (non-hydrogen) atoms. The average Bonchev–Trinajstić information content (AvgIpc) is 3.24. The first kappa shape index (κ1) is 45.6. The van der Waals surface area contributed by atoms with Crippen LogP contribution in [0.15, 0.2) is 48.9 Å². The molecule has 0 saturated heterocycles. The molecule has 0 radical (unpaired) electrons. The minimum absolute atomic E-state index is 0.0117. The summed E-state index contributed by atoms with van der Waals surface area (Å²) in [5, 5.41) is 0. The second kappa shape index (κ2) is 16.9. The number of nitrogens with zero attached hydrogens (tertiary/aromatic N) is 2. The molecule has 1 heterocycles. The smallest absolute Gasteiger partial charge is 0.200 e. The molecule has 5 aromatic carbocycles. The first-order valence-electron chi connectivity index (χ1n) is 16.1. The van der Waals surface area contributed by atoms with E-state index in [-0.39, 0.29) is 5.78 Å². The number of ketones is 1. The third kappa shape index (κ3) is 7.30. The molecule has 0 aliphatic heterocycles. The predicted molar refractivity (Wildman–Crippen MR) is 169 cm³/mol. The zero-order valence-corrected chi connectivity index (χ0v) is 29.3. The Morgan fingerprint density at radius 1 is 0.443 bits per heavy atom. The van der Waals surface area contributed by atoms with E-state index in [0.29, 0.717) is 5.69 Å². The zero-order chi connectivity index (χ0) is 45.7. The summed E-state index contributed by atoms with van der Waals surface area (Å²) in [5.41, 5.74) is -12.6. The van der Waals surface area contributed by atoms with Crippen molar-refractivity contribution in [1.82, 2.24) is 4.98 Å². The Morgan fingerprint density at radius 2 is 0.705 bits per heavy atom. The van der Waals surface area contributed by atoms with Gasteiger partial charge in [-0.2, -0.15) is 4.57 Å². The molecule has 24 heteroatoms. The quantitative estimate of drug-likeness (QED) is 0.0417. The van der Waals surface area contributed by atoms with Gasteiger partial charge in [-0.25, -0.2) is 92.8 Å². The van der Waals surface area contributed by atoms with Crippen LogP contribution in [0.3, 0.4) is 0 Å². The van der Waals surface area contributed by atoms with E-state index in [0.717, 1.165) is 6.54 Å². The van der Waals surface area contributed by atoms with E-state index < -0.39 is 144 Å². The van der Waals surface area contributed by atoms with Gasteiger partial charge in [0.1, 0.15) is 52.7 Å². The van der Waals surface area contributed by atoms with Crippen LogP contribution in [0, 0.1) is 116 Å². The number of hydrogen-bond donors (Lipinski definition) is 0. The van der Waals surface area contributed by atoms with Crippen molar-refractivity contribution < 1.29 is 97.2 Å². The number of carbonyl (C=O) groups is 1. The molecule has 0 unspecified atom stereocenters. The summed E-state index contributed by atoms with van der Waals surface area (Å²) >= 11 is 0. The van der Waals surface area contributed by atoms with Gasteiger partial charge in [0.05, 0.1) is 6.20 Å². The van der Waals surface area contributed by atoms with Crippen molar-refractivity contribution in [3.05, 3.63) is 177 Å². The molecule has 3 nitrogen and oxygen atoms in total. The van der Waals surface area contributed by atoms with E-state index in [2.05, 4.69) is 17.1 Å². The first-order valence-corrected chi connectivity index (χ1v) is 16.1. The normalized spacial score (nSPS) is 11.5. The highest BCUT2D eigenvalue weighted by molar-refractivity contribution is 7.20. The van der Waals surface area contributed by atoms with Crippen LogP contribution < -0.4 is 26.4 Å². The van der Waals surface area contributed by atoms with Gasteiger partial charge >= 0.3 is 0 Å². The molecule has 0 atom stereocenters. The number of hydrogen-bond acceptors (Lipinski definition) is 2. The van der Waals surface area contributed by atoms with Gasteiger partial charge in [-0.15, -0.1) is 21.9 Å². The molecule has 0 fully saturated rings. The van der Waals surface area contributed by atoms with Crippen molar-refractivity contribution in [2.24, 2.45) is 0 Å². The van der Waals surface area contributed by atoms with E-state index in [9.17, 15) is 57.5 Å². The maximum atomic E-state index is 15.4. The molecule has 0 aliphatic carbocycles.